The molecule has 4 nitrogen and oxygen atoms in total. The van der Waals surface area contributed by atoms with E-state index in [4.69, 9.17) is 9.47 Å². The van der Waals surface area contributed by atoms with Crippen molar-refractivity contribution in [2.75, 3.05) is 6.61 Å². The first-order valence-corrected chi connectivity index (χ1v) is 13.6. The van der Waals surface area contributed by atoms with Crippen LogP contribution in [0.2, 0.25) is 0 Å². The summed E-state index contributed by atoms with van der Waals surface area (Å²) in [6.45, 7) is 8.38. The van der Waals surface area contributed by atoms with E-state index in [0.29, 0.717) is 0 Å². The van der Waals surface area contributed by atoms with Crippen molar-refractivity contribution in [3.8, 4) is 0 Å². The third-order valence-electron chi connectivity index (χ3n) is 6.01. The number of hydrogen-bond acceptors (Lipinski definition) is 4. The van der Waals surface area contributed by atoms with Gasteiger partial charge in [0.15, 0.2) is 13.7 Å². The Hall–Kier alpha value is -1.89. The lowest BCUT2D eigenvalue weighted by Crippen LogP contribution is -3.61. The lowest BCUT2D eigenvalue weighted by Gasteiger charge is -2.27. The normalized spacial score (nSPS) is 15.4. The second kappa shape index (κ2) is 10.8. The molecule has 0 aliphatic heterocycles. The number of rotatable bonds is 8. The van der Waals surface area contributed by atoms with Gasteiger partial charge in [0.25, 0.3) is 0 Å². The number of benzene rings is 2. The highest BCUT2D eigenvalue weighted by atomic mass is 127. The molecule has 0 spiro atoms. The number of halogens is 1. The molecule has 0 atom stereocenters. The smallest absolute Gasteiger partial charge is 0.357 e. The second-order valence-electron chi connectivity index (χ2n) is 9.54. The molecule has 2 aromatic rings. The van der Waals surface area contributed by atoms with Gasteiger partial charge < -0.3 is 9.47 Å². The summed E-state index contributed by atoms with van der Waals surface area (Å²) in [5.41, 5.74) is 2.04. The third-order valence-corrected chi connectivity index (χ3v) is 8.64. The zero-order valence-corrected chi connectivity index (χ0v) is 21.7. The fraction of sp³-hybridized carbons (Fsp3) is 0.481. The van der Waals surface area contributed by atoms with Gasteiger partial charge in [-0.15, -0.1) is 0 Å². The lowest BCUT2D eigenvalue weighted by atomic mass is 9.87. The molecule has 1 fully saturated rings. The van der Waals surface area contributed by atoms with Crippen LogP contribution in [0.15, 0.2) is 48.5 Å². The summed E-state index contributed by atoms with van der Waals surface area (Å²) in [7, 11) is 0. The van der Waals surface area contributed by atoms with E-state index < -0.39 is 11.9 Å². The minimum Gasteiger partial charge on any atom is -0.457 e. The first kappa shape index (κ1) is 24.7. The molecule has 0 aromatic heterocycles. The average Bonchev–Trinajstić information content (AvgIpc) is 3.21. The summed E-state index contributed by atoms with van der Waals surface area (Å²) in [5, 5.41) is 0. The molecule has 0 radical (unpaired) electrons. The van der Waals surface area contributed by atoms with E-state index in [0.717, 1.165) is 37.7 Å². The molecule has 2 aromatic carbocycles. The van der Waals surface area contributed by atoms with Crippen LogP contribution in [-0.4, -0.2) is 24.1 Å². The first-order chi connectivity index (χ1) is 15.2. The van der Waals surface area contributed by atoms with Gasteiger partial charge in [0.1, 0.15) is 5.60 Å². The fourth-order valence-corrected chi connectivity index (χ4v) is 6.40. The highest BCUT2D eigenvalue weighted by molar-refractivity contribution is 5.78. The number of esters is 2. The van der Waals surface area contributed by atoms with Crippen molar-refractivity contribution in [1.29, 1.82) is 0 Å². The van der Waals surface area contributed by atoms with E-state index in [-0.39, 0.29) is 45.2 Å². The van der Waals surface area contributed by atoms with Crippen LogP contribution in [0.4, 0.5) is 0 Å². The van der Waals surface area contributed by atoms with Crippen LogP contribution in [0.5, 0.6) is 0 Å². The standard InChI is InChI=1S/C27H34IO4/c1-5-27(15-6-7-16-27)32-25(30)19-31-24(29)18-20-9-8-10-23(17-20)28-22-13-11-21(12-14-22)26(2,3)4/h8-14,17H,5-7,15-16,18-19H2,1-4H3/q+1. The molecule has 0 bridgehead atoms. The summed E-state index contributed by atoms with van der Waals surface area (Å²) in [6.07, 6.45) is 4.94. The van der Waals surface area contributed by atoms with E-state index in [1.807, 2.05) is 19.1 Å². The van der Waals surface area contributed by atoms with Gasteiger partial charge in [0.05, 0.1) is 6.42 Å². The monoisotopic (exact) mass is 549 g/mol. The molecule has 172 valence electrons. The highest BCUT2D eigenvalue weighted by Crippen LogP contribution is 2.35. The van der Waals surface area contributed by atoms with Crippen molar-refractivity contribution in [1.82, 2.24) is 0 Å². The van der Waals surface area contributed by atoms with Gasteiger partial charge in [0, 0.05) is 0 Å². The van der Waals surface area contributed by atoms with Gasteiger partial charge in [-0.2, -0.15) is 0 Å². The van der Waals surface area contributed by atoms with Crippen molar-refractivity contribution in [3.63, 3.8) is 0 Å². The minimum atomic E-state index is -0.444. The van der Waals surface area contributed by atoms with Crippen LogP contribution in [0.25, 0.3) is 0 Å². The van der Waals surface area contributed by atoms with Crippen molar-refractivity contribution in [2.24, 2.45) is 0 Å². The van der Waals surface area contributed by atoms with E-state index >= 15 is 0 Å². The number of hydrogen-bond donors (Lipinski definition) is 0. The number of ether oxygens (including phenoxy) is 2. The predicted octanol–water partition coefficient (Wildman–Crippen LogP) is 2.46. The molecule has 32 heavy (non-hydrogen) atoms. The van der Waals surface area contributed by atoms with Crippen LogP contribution in [0, 0.1) is 7.14 Å². The van der Waals surface area contributed by atoms with E-state index in [1.165, 1.54) is 12.7 Å². The predicted molar refractivity (Wildman–Crippen MR) is 121 cm³/mol. The van der Waals surface area contributed by atoms with Crippen molar-refractivity contribution in [3.05, 3.63) is 66.8 Å². The van der Waals surface area contributed by atoms with E-state index in [2.05, 4.69) is 57.2 Å². The van der Waals surface area contributed by atoms with Crippen molar-refractivity contribution in [2.45, 2.75) is 77.2 Å². The van der Waals surface area contributed by atoms with Gasteiger partial charge in [-0.3, -0.25) is 4.79 Å². The van der Waals surface area contributed by atoms with Gasteiger partial charge in [-0.05, 0) is 72.9 Å². The molecule has 1 aliphatic rings. The van der Waals surface area contributed by atoms with Crippen LogP contribution in [-0.2, 0) is 30.9 Å². The second-order valence-corrected chi connectivity index (χ2v) is 12.6. The summed E-state index contributed by atoms with van der Waals surface area (Å²) in [6, 6.07) is 17.0. The molecule has 0 unspecified atom stereocenters. The lowest BCUT2D eigenvalue weighted by molar-refractivity contribution is -0.597. The van der Waals surface area contributed by atoms with Gasteiger partial charge in [-0.25, -0.2) is 4.79 Å². The third kappa shape index (κ3) is 7.06. The molecular formula is C27H34IO4+. The van der Waals surface area contributed by atoms with Crippen LogP contribution < -0.4 is 21.2 Å². The Labute approximate surface area is 202 Å². The summed E-state index contributed by atoms with van der Waals surface area (Å²) in [5.74, 6) is -0.843. The Morgan fingerprint density at radius 3 is 2.28 bits per heavy atom. The van der Waals surface area contributed by atoms with Gasteiger partial charge >= 0.3 is 33.1 Å². The Kier molecular flexibility index (Phi) is 8.37. The molecule has 1 aliphatic carbocycles. The zero-order chi connectivity index (χ0) is 23.2. The molecule has 1 saturated carbocycles. The quantitative estimate of drug-likeness (QED) is 0.375. The maximum atomic E-state index is 12.3. The number of carbonyl (C=O) groups is 2. The highest BCUT2D eigenvalue weighted by Gasteiger charge is 2.36. The molecular weight excluding hydrogens is 515 g/mol. The zero-order valence-electron chi connectivity index (χ0n) is 19.6. The Morgan fingerprint density at radius 1 is 0.969 bits per heavy atom. The van der Waals surface area contributed by atoms with Crippen LogP contribution in [0.3, 0.4) is 0 Å². The molecule has 0 N–H and O–H groups in total. The molecule has 0 saturated heterocycles. The number of carbonyl (C=O) groups excluding carboxylic acids is 2. The molecule has 5 heteroatoms. The Balaban J connectivity index is 1.50. The molecule has 0 amide bonds. The van der Waals surface area contributed by atoms with E-state index in [1.54, 1.807) is 0 Å². The molecule has 0 heterocycles. The van der Waals surface area contributed by atoms with Gasteiger partial charge in [-0.1, -0.05) is 52.0 Å². The van der Waals surface area contributed by atoms with Crippen molar-refractivity contribution < 1.29 is 40.3 Å². The molecule has 3 rings (SSSR count). The minimum absolute atomic E-state index is 0.151. The fourth-order valence-electron chi connectivity index (χ4n) is 4.02. The van der Waals surface area contributed by atoms with E-state index in [9.17, 15) is 9.59 Å². The van der Waals surface area contributed by atoms with Crippen molar-refractivity contribution >= 4 is 11.9 Å². The van der Waals surface area contributed by atoms with Crippen LogP contribution >= 0.6 is 0 Å². The largest absolute Gasteiger partial charge is 0.457 e. The Morgan fingerprint density at radius 2 is 1.66 bits per heavy atom. The van der Waals surface area contributed by atoms with Gasteiger partial charge in [0.2, 0.25) is 0 Å². The first-order valence-electron chi connectivity index (χ1n) is 11.4. The maximum absolute atomic E-state index is 12.3. The van der Waals surface area contributed by atoms with Crippen LogP contribution in [0.1, 0.15) is 70.9 Å². The summed E-state index contributed by atoms with van der Waals surface area (Å²) in [4.78, 5) is 24.5. The topological polar surface area (TPSA) is 52.6 Å². The average molecular weight is 549 g/mol. The summed E-state index contributed by atoms with van der Waals surface area (Å²) < 4.78 is 13.5. The SMILES string of the molecule is CCC1(OC(=O)COC(=O)Cc2cccc([I+]c3ccc(C(C)(C)C)cc3)c2)CCCC1. The maximum Gasteiger partial charge on any atom is 0.357 e. The Bertz CT molecular complexity index is 921. The summed E-state index contributed by atoms with van der Waals surface area (Å²) >= 11 is -0.325.